The molecule has 0 N–H and O–H groups in total. The highest BCUT2D eigenvalue weighted by Gasteiger charge is 2.73. The Bertz CT molecular complexity index is 371. The fourth-order valence-corrected chi connectivity index (χ4v) is 4.50. The fraction of sp³-hybridized carbons (Fsp3) is 0.778. The predicted octanol–water partition coefficient (Wildman–Crippen LogP) is 1.00. The van der Waals surface area contributed by atoms with Crippen LogP contribution in [0.3, 0.4) is 0 Å². The second-order valence-electron chi connectivity index (χ2n) is 4.36. The van der Waals surface area contributed by atoms with Crippen LogP contribution >= 0.6 is 31.9 Å². The van der Waals surface area contributed by atoms with Gasteiger partial charge in [-0.2, -0.15) is 0 Å². The molecule has 15 heavy (non-hydrogen) atoms. The summed E-state index contributed by atoms with van der Waals surface area (Å²) in [7, 11) is 0. The normalized spacial score (nSPS) is 57.1. The Morgan fingerprint density at radius 2 is 1.93 bits per heavy atom. The number of hydrogen-bond acceptors (Lipinski definition) is 4. The van der Waals surface area contributed by atoms with Gasteiger partial charge in [-0.3, -0.25) is 9.59 Å². The van der Waals surface area contributed by atoms with Crippen LogP contribution in [0.4, 0.5) is 0 Å². The number of carbonyl (C=O) groups excluding carboxylic acids is 2. The summed E-state index contributed by atoms with van der Waals surface area (Å²) < 4.78 is 10.4. The summed E-state index contributed by atoms with van der Waals surface area (Å²) in [6, 6.07) is 0. The summed E-state index contributed by atoms with van der Waals surface area (Å²) in [5.41, 5.74) is -0.632. The fourth-order valence-electron chi connectivity index (χ4n) is 2.85. The lowest BCUT2D eigenvalue weighted by atomic mass is 9.74. The third kappa shape index (κ3) is 1.01. The van der Waals surface area contributed by atoms with E-state index < -0.39 is 29.4 Å². The third-order valence-electron chi connectivity index (χ3n) is 3.59. The van der Waals surface area contributed by atoms with Crippen LogP contribution < -0.4 is 0 Å². The van der Waals surface area contributed by atoms with Crippen molar-refractivity contribution < 1.29 is 19.1 Å². The van der Waals surface area contributed by atoms with Gasteiger partial charge in [0.05, 0.1) is 21.4 Å². The van der Waals surface area contributed by atoms with Crippen LogP contribution in [0.2, 0.25) is 0 Å². The largest absolute Gasteiger partial charge is 0.393 e. The molecule has 3 aliphatic rings. The molecule has 0 unspecified atom stereocenters. The van der Waals surface area contributed by atoms with E-state index >= 15 is 0 Å². The Hall–Kier alpha value is 0.0600. The first-order valence-corrected chi connectivity index (χ1v) is 6.51. The summed E-state index contributed by atoms with van der Waals surface area (Å²) in [4.78, 5) is 23.1. The van der Waals surface area contributed by atoms with Crippen molar-refractivity contribution in [3.05, 3.63) is 0 Å². The zero-order valence-electron chi connectivity index (χ0n) is 7.78. The smallest absolute Gasteiger partial charge is 0.320 e. The maximum atomic E-state index is 11.6. The van der Waals surface area contributed by atoms with Gasteiger partial charge in [0.15, 0.2) is 0 Å². The highest BCUT2D eigenvalue weighted by Crippen LogP contribution is 2.58. The zero-order chi connectivity index (χ0) is 11.0. The molecule has 0 spiro atoms. The molecule has 82 valence electrons. The Morgan fingerprint density at radius 1 is 1.27 bits per heavy atom. The van der Waals surface area contributed by atoms with Crippen molar-refractivity contribution in [2.45, 2.75) is 28.3 Å². The lowest BCUT2D eigenvalue weighted by Gasteiger charge is -2.31. The second kappa shape index (κ2) is 2.84. The SMILES string of the molecule is C[C@]12O[C@H]([C@H](Br)[C@H]1Br)[C@H]1C(=O)OC(=O)[C@H]12. The summed E-state index contributed by atoms with van der Waals surface area (Å²) in [5, 5.41) is 0. The number of halogens is 2. The molecule has 3 heterocycles. The molecule has 6 atom stereocenters. The van der Waals surface area contributed by atoms with Gasteiger partial charge in [0.1, 0.15) is 11.8 Å². The predicted molar refractivity (Wildman–Crippen MR) is 56.8 cm³/mol. The van der Waals surface area contributed by atoms with Gasteiger partial charge in [0.2, 0.25) is 0 Å². The molecular formula is C9H8Br2O4. The molecule has 3 rings (SSSR count). The molecule has 4 nitrogen and oxygen atoms in total. The average molecular weight is 340 g/mol. The Kier molecular flexibility index (Phi) is 1.94. The molecule has 0 aromatic heterocycles. The summed E-state index contributed by atoms with van der Waals surface area (Å²) in [6.07, 6.45) is -0.261. The van der Waals surface area contributed by atoms with Crippen LogP contribution in [0.25, 0.3) is 0 Å². The third-order valence-corrected chi connectivity index (χ3v) is 6.83. The Morgan fingerprint density at radius 3 is 2.60 bits per heavy atom. The number of ether oxygens (including phenoxy) is 2. The standard InChI is InChI=1S/C9H8Br2O4/c1-9-3-2(7(12)14-8(3)13)5(15-9)4(10)6(9)11/h2-6H,1H3/t2-,3-,4-,5-,6+,9+/m0/s1. The van der Waals surface area contributed by atoms with E-state index in [0.717, 1.165) is 0 Å². The second-order valence-corrected chi connectivity index (χ2v) is 6.40. The first-order chi connectivity index (χ1) is 6.97. The summed E-state index contributed by atoms with van der Waals surface area (Å²) in [5.74, 6) is -1.77. The highest BCUT2D eigenvalue weighted by molar-refractivity contribution is 9.12. The van der Waals surface area contributed by atoms with Gasteiger partial charge in [-0.25, -0.2) is 0 Å². The Labute approximate surface area is 103 Å². The molecule has 0 radical (unpaired) electrons. The van der Waals surface area contributed by atoms with Crippen molar-refractivity contribution in [1.29, 1.82) is 0 Å². The molecule has 2 bridgehead atoms. The van der Waals surface area contributed by atoms with E-state index in [4.69, 9.17) is 4.74 Å². The van der Waals surface area contributed by atoms with Crippen LogP contribution in [-0.2, 0) is 19.1 Å². The minimum absolute atomic E-state index is 0.0229. The van der Waals surface area contributed by atoms with E-state index in [1.54, 1.807) is 0 Å². The molecular weight excluding hydrogens is 332 g/mol. The monoisotopic (exact) mass is 338 g/mol. The zero-order valence-corrected chi connectivity index (χ0v) is 10.9. The molecule has 3 aliphatic heterocycles. The van der Waals surface area contributed by atoms with Crippen molar-refractivity contribution in [3.8, 4) is 0 Å². The molecule has 3 saturated heterocycles. The first kappa shape index (κ1) is 10.2. The first-order valence-electron chi connectivity index (χ1n) is 4.68. The summed E-state index contributed by atoms with van der Waals surface area (Å²) >= 11 is 7.00. The van der Waals surface area contributed by atoms with Gasteiger partial charge < -0.3 is 9.47 Å². The van der Waals surface area contributed by atoms with Crippen LogP contribution in [-0.4, -0.2) is 33.3 Å². The van der Waals surface area contributed by atoms with Crippen molar-refractivity contribution in [1.82, 2.24) is 0 Å². The molecule has 0 aromatic carbocycles. The van der Waals surface area contributed by atoms with Crippen molar-refractivity contribution in [2.75, 3.05) is 0 Å². The van der Waals surface area contributed by atoms with Gasteiger partial charge in [-0.15, -0.1) is 0 Å². The number of hydrogen-bond donors (Lipinski definition) is 0. The molecule has 0 saturated carbocycles. The molecule has 6 heteroatoms. The number of alkyl halides is 2. The molecule has 0 aromatic rings. The van der Waals surface area contributed by atoms with Crippen LogP contribution in [0.5, 0.6) is 0 Å². The quantitative estimate of drug-likeness (QED) is 0.375. The number of cyclic esters (lactones) is 2. The van der Waals surface area contributed by atoms with Crippen LogP contribution in [0, 0.1) is 11.8 Å². The van der Waals surface area contributed by atoms with Gasteiger partial charge in [-0.05, 0) is 6.92 Å². The van der Waals surface area contributed by atoms with E-state index in [1.807, 2.05) is 6.92 Å². The average Bonchev–Trinajstić information content (AvgIpc) is 2.70. The molecule has 3 fully saturated rings. The van der Waals surface area contributed by atoms with E-state index in [2.05, 4.69) is 36.6 Å². The molecule has 0 aliphatic carbocycles. The highest BCUT2D eigenvalue weighted by atomic mass is 79.9. The summed E-state index contributed by atoms with van der Waals surface area (Å²) in [6.45, 7) is 1.85. The maximum absolute atomic E-state index is 11.6. The number of rotatable bonds is 0. The van der Waals surface area contributed by atoms with Crippen LogP contribution in [0.15, 0.2) is 0 Å². The van der Waals surface area contributed by atoms with E-state index in [0.29, 0.717) is 0 Å². The lowest BCUT2D eigenvalue weighted by Crippen LogP contribution is -2.49. The molecule has 0 amide bonds. The minimum atomic E-state index is -0.632. The van der Waals surface area contributed by atoms with Gasteiger partial charge in [-0.1, -0.05) is 31.9 Å². The number of esters is 2. The Balaban J connectivity index is 2.09. The van der Waals surface area contributed by atoms with Crippen molar-refractivity contribution in [3.63, 3.8) is 0 Å². The van der Waals surface area contributed by atoms with Crippen molar-refractivity contribution >= 4 is 43.8 Å². The van der Waals surface area contributed by atoms with Crippen molar-refractivity contribution in [2.24, 2.45) is 11.8 Å². The van der Waals surface area contributed by atoms with E-state index in [9.17, 15) is 9.59 Å². The topological polar surface area (TPSA) is 52.6 Å². The van der Waals surface area contributed by atoms with E-state index in [1.165, 1.54) is 0 Å². The number of carbonyl (C=O) groups is 2. The van der Waals surface area contributed by atoms with Gasteiger partial charge >= 0.3 is 11.9 Å². The lowest BCUT2D eigenvalue weighted by molar-refractivity contribution is -0.158. The number of fused-ring (bicyclic) bond motifs is 5. The van der Waals surface area contributed by atoms with Gasteiger partial charge in [0, 0.05) is 0 Å². The van der Waals surface area contributed by atoms with Crippen LogP contribution in [0.1, 0.15) is 6.92 Å². The van der Waals surface area contributed by atoms with E-state index in [-0.39, 0.29) is 15.8 Å². The minimum Gasteiger partial charge on any atom is -0.393 e. The van der Waals surface area contributed by atoms with Gasteiger partial charge in [0.25, 0.3) is 0 Å². The maximum Gasteiger partial charge on any atom is 0.320 e.